The van der Waals surface area contributed by atoms with Crippen molar-refractivity contribution in [3.05, 3.63) is 66.6 Å². The molecule has 2 aliphatic heterocycles. The molecule has 0 radical (unpaired) electrons. The molecule has 37 heavy (non-hydrogen) atoms. The van der Waals surface area contributed by atoms with E-state index in [0.717, 1.165) is 49.3 Å². The molecule has 2 aromatic heterocycles. The first-order valence-corrected chi connectivity index (χ1v) is 13.3. The van der Waals surface area contributed by atoms with Gasteiger partial charge in [-0.15, -0.1) is 0 Å². The normalized spacial score (nSPS) is 24.5. The number of benzene rings is 2. The second-order valence-corrected chi connectivity index (χ2v) is 10.8. The van der Waals surface area contributed by atoms with E-state index in [1.54, 1.807) is 6.20 Å². The molecule has 190 valence electrons. The van der Waals surface area contributed by atoms with E-state index in [4.69, 9.17) is 4.74 Å². The summed E-state index contributed by atoms with van der Waals surface area (Å²) in [4.78, 5) is 9.37. The van der Waals surface area contributed by atoms with E-state index in [1.807, 2.05) is 12.1 Å². The third-order valence-corrected chi connectivity index (χ3v) is 7.55. The largest absolute Gasteiger partial charge is 0.370 e. The molecule has 6 rings (SSSR count). The predicted octanol–water partition coefficient (Wildman–Crippen LogP) is 4.54. The Kier molecular flexibility index (Phi) is 6.23. The molecule has 2 fully saturated rings. The molecule has 1 N–H and O–H groups in total. The maximum absolute atomic E-state index is 9.53. The number of ether oxygens (including phenoxy) is 1. The SMILES string of the molecule is C[C@@H]1CN(c2ccc3cn(C[C@H]4CN(c5ccc(C#N)c6ncccc56)C[C@@H](C)O4)cc3c2)C[C@H](C)N1. The summed E-state index contributed by atoms with van der Waals surface area (Å²) in [7, 11) is 0. The van der Waals surface area contributed by atoms with Crippen LogP contribution >= 0.6 is 0 Å². The van der Waals surface area contributed by atoms with Gasteiger partial charge in [0.15, 0.2) is 0 Å². The number of morpholine rings is 1. The first-order valence-electron chi connectivity index (χ1n) is 13.3. The van der Waals surface area contributed by atoms with Crippen LogP contribution < -0.4 is 15.1 Å². The monoisotopic (exact) mass is 494 g/mol. The summed E-state index contributed by atoms with van der Waals surface area (Å²) in [6.07, 6.45) is 6.40. The van der Waals surface area contributed by atoms with Gasteiger partial charge < -0.3 is 24.4 Å². The molecule has 4 heterocycles. The van der Waals surface area contributed by atoms with E-state index < -0.39 is 0 Å². The lowest BCUT2D eigenvalue weighted by atomic mass is 10.1. The zero-order chi connectivity index (χ0) is 25.5. The molecule has 0 unspecified atom stereocenters. The summed E-state index contributed by atoms with van der Waals surface area (Å²) >= 11 is 0. The van der Waals surface area contributed by atoms with Gasteiger partial charge in [0.25, 0.3) is 0 Å². The van der Waals surface area contributed by atoms with Gasteiger partial charge >= 0.3 is 0 Å². The van der Waals surface area contributed by atoms with Gasteiger partial charge in [-0.25, -0.2) is 0 Å². The number of hydrogen-bond donors (Lipinski definition) is 1. The highest BCUT2D eigenvalue weighted by Gasteiger charge is 2.27. The maximum Gasteiger partial charge on any atom is 0.101 e. The second kappa shape index (κ2) is 9.70. The average Bonchev–Trinajstić information content (AvgIpc) is 3.28. The molecule has 4 aromatic rings. The van der Waals surface area contributed by atoms with E-state index >= 15 is 0 Å². The topological polar surface area (TPSA) is 69.4 Å². The summed E-state index contributed by atoms with van der Waals surface area (Å²) in [5, 5.41) is 16.7. The molecule has 0 aliphatic carbocycles. The van der Waals surface area contributed by atoms with Crippen molar-refractivity contribution in [3.8, 4) is 6.07 Å². The zero-order valence-corrected chi connectivity index (χ0v) is 21.8. The first-order chi connectivity index (χ1) is 18.0. The summed E-state index contributed by atoms with van der Waals surface area (Å²) in [5.74, 6) is 0. The van der Waals surface area contributed by atoms with Crippen molar-refractivity contribution >= 4 is 33.1 Å². The van der Waals surface area contributed by atoms with E-state index in [9.17, 15) is 5.26 Å². The minimum atomic E-state index is 0.0577. The highest BCUT2D eigenvalue weighted by Crippen LogP contribution is 2.31. The number of nitriles is 1. The van der Waals surface area contributed by atoms with E-state index in [1.165, 1.54) is 16.5 Å². The smallest absolute Gasteiger partial charge is 0.101 e. The summed E-state index contributed by atoms with van der Waals surface area (Å²) < 4.78 is 8.67. The third kappa shape index (κ3) is 4.75. The van der Waals surface area contributed by atoms with Crippen molar-refractivity contribution in [1.82, 2.24) is 14.9 Å². The molecule has 7 heteroatoms. The van der Waals surface area contributed by atoms with Crippen molar-refractivity contribution in [2.75, 3.05) is 36.0 Å². The Labute approximate surface area is 218 Å². The number of fused-ring (bicyclic) bond motifs is 2. The van der Waals surface area contributed by atoms with Gasteiger partial charge in [-0.3, -0.25) is 4.98 Å². The van der Waals surface area contributed by atoms with Gasteiger partial charge in [0.1, 0.15) is 6.07 Å². The van der Waals surface area contributed by atoms with Crippen molar-refractivity contribution in [2.45, 2.75) is 51.6 Å². The van der Waals surface area contributed by atoms with Crippen molar-refractivity contribution in [1.29, 1.82) is 5.26 Å². The molecule has 0 amide bonds. The number of nitrogens with one attached hydrogen (secondary N) is 1. The maximum atomic E-state index is 9.53. The van der Waals surface area contributed by atoms with E-state index in [2.05, 4.69) is 94.2 Å². The summed E-state index contributed by atoms with van der Waals surface area (Å²) in [6, 6.07) is 18.0. The van der Waals surface area contributed by atoms with Crippen LogP contribution in [0.2, 0.25) is 0 Å². The van der Waals surface area contributed by atoms with Gasteiger partial charge in [0, 0.05) is 79.0 Å². The highest BCUT2D eigenvalue weighted by molar-refractivity contribution is 5.95. The number of nitrogens with zero attached hydrogens (tertiary/aromatic N) is 5. The van der Waals surface area contributed by atoms with Gasteiger partial charge in [0.2, 0.25) is 0 Å². The fraction of sp³-hybridized carbons (Fsp3) is 0.400. The molecule has 2 saturated heterocycles. The van der Waals surface area contributed by atoms with Crippen molar-refractivity contribution in [2.24, 2.45) is 0 Å². The minimum Gasteiger partial charge on any atom is -0.370 e. The number of aromatic nitrogens is 2. The lowest BCUT2D eigenvalue weighted by molar-refractivity contribution is -0.0238. The van der Waals surface area contributed by atoms with Crippen molar-refractivity contribution in [3.63, 3.8) is 0 Å². The summed E-state index contributed by atoms with van der Waals surface area (Å²) in [6.45, 7) is 11.1. The van der Waals surface area contributed by atoms with Crippen LogP contribution in [0.15, 0.2) is 61.1 Å². The molecule has 2 aromatic carbocycles. The Morgan fingerprint density at radius 2 is 1.78 bits per heavy atom. The Hall–Kier alpha value is -3.60. The van der Waals surface area contributed by atoms with E-state index in [0.29, 0.717) is 17.6 Å². The lowest BCUT2D eigenvalue weighted by Gasteiger charge is -2.39. The van der Waals surface area contributed by atoms with Crippen LogP contribution in [-0.4, -0.2) is 60.0 Å². The van der Waals surface area contributed by atoms with Gasteiger partial charge in [-0.1, -0.05) is 6.07 Å². The third-order valence-electron chi connectivity index (χ3n) is 7.55. The van der Waals surface area contributed by atoms with Crippen LogP contribution in [0, 0.1) is 11.3 Å². The second-order valence-electron chi connectivity index (χ2n) is 10.8. The molecule has 4 atom stereocenters. The minimum absolute atomic E-state index is 0.0577. The number of hydrogen-bond acceptors (Lipinski definition) is 6. The highest BCUT2D eigenvalue weighted by atomic mass is 16.5. The lowest BCUT2D eigenvalue weighted by Crippen LogP contribution is -2.54. The standard InChI is InChI=1S/C30H34N6O/c1-20-13-35(14-21(2)33-20)26-8-6-24-16-34(17-25(24)11-26)18-27-19-36(15-22(3)37-27)29-9-7-23(12-31)30-28(29)5-4-10-32-30/h4-11,16-17,20-22,27,33H,13-15,18-19H2,1-3H3/t20-,21+,22-,27+/m1/s1. The van der Waals surface area contributed by atoms with Crippen LogP contribution in [-0.2, 0) is 11.3 Å². The molecule has 2 aliphatic rings. The Bertz CT molecular complexity index is 1460. The van der Waals surface area contributed by atoms with Gasteiger partial charge in [-0.2, -0.15) is 5.26 Å². The first kappa shape index (κ1) is 23.8. The van der Waals surface area contributed by atoms with Crippen LogP contribution in [0.4, 0.5) is 11.4 Å². The van der Waals surface area contributed by atoms with Crippen LogP contribution in [0.3, 0.4) is 0 Å². The predicted molar refractivity (Wildman–Crippen MR) is 149 cm³/mol. The van der Waals surface area contributed by atoms with Crippen LogP contribution in [0.1, 0.15) is 26.3 Å². The number of pyridine rings is 1. The molecule has 0 saturated carbocycles. The fourth-order valence-corrected chi connectivity index (χ4v) is 6.13. The molecule has 7 nitrogen and oxygen atoms in total. The zero-order valence-electron chi connectivity index (χ0n) is 21.8. The Morgan fingerprint density at radius 1 is 0.973 bits per heavy atom. The van der Waals surface area contributed by atoms with Gasteiger partial charge in [-0.05, 0) is 62.6 Å². The molecule has 0 bridgehead atoms. The van der Waals surface area contributed by atoms with Crippen LogP contribution in [0.25, 0.3) is 21.7 Å². The average molecular weight is 495 g/mol. The fourth-order valence-electron chi connectivity index (χ4n) is 6.13. The van der Waals surface area contributed by atoms with E-state index in [-0.39, 0.29) is 12.2 Å². The number of piperazine rings is 1. The Morgan fingerprint density at radius 3 is 2.59 bits per heavy atom. The molecular formula is C30H34N6O. The summed E-state index contributed by atoms with van der Waals surface area (Å²) in [5.41, 5.74) is 3.78. The number of anilines is 2. The van der Waals surface area contributed by atoms with Crippen LogP contribution in [0.5, 0.6) is 0 Å². The number of rotatable bonds is 4. The Balaban J connectivity index is 1.22. The van der Waals surface area contributed by atoms with Crippen molar-refractivity contribution < 1.29 is 4.74 Å². The molecular weight excluding hydrogens is 460 g/mol. The van der Waals surface area contributed by atoms with Gasteiger partial charge in [0.05, 0.1) is 29.8 Å². The molecule has 0 spiro atoms. The quantitative estimate of drug-likeness (QED) is 0.449.